The van der Waals surface area contributed by atoms with Gasteiger partial charge in [-0.3, -0.25) is 4.79 Å². The maximum absolute atomic E-state index is 12.3. The Hall–Kier alpha value is -2.57. The number of nitrogens with one attached hydrogen (secondary N) is 3. The molecule has 0 radical (unpaired) electrons. The molecule has 0 fully saturated rings. The number of hydrogen-bond donors (Lipinski definition) is 3. The minimum Gasteiger partial charge on any atom is -0.346 e. The zero-order valence-electron chi connectivity index (χ0n) is 12.4. The highest BCUT2D eigenvalue weighted by Gasteiger charge is 2.16. The van der Waals surface area contributed by atoms with Gasteiger partial charge in [-0.2, -0.15) is 5.21 Å². The molecule has 0 aliphatic heterocycles. The first-order valence-corrected chi connectivity index (χ1v) is 7.83. The molecule has 3 aromatic rings. The van der Waals surface area contributed by atoms with Crippen molar-refractivity contribution in [3.8, 4) is 0 Å². The van der Waals surface area contributed by atoms with Gasteiger partial charge in [-0.1, -0.05) is 35.3 Å². The monoisotopic (exact) mass is 361 g/mol. The molecule has 6 nitrogen and oxygen atoms in total. The number of anilines is 2. The van der Waals surface area contributed by atoms with Crippen molar-refractivity contribution >= 4 is 40.6 Å². The average Bonchev–Trinajstić information content (AvgIpc) is 3.03. The summed E-state index contributed by atoms with van der Waals surface area (Å²) >= 11 is 11.8. The second-order valence-electron chi connectivity index (χ2n) is 4.97. The number of nitrogens with zero attached hydrogens (tertiary/aromatic N) is 2. The third-order valence-electron chi connectivity index (χ3n) is 3.21. The number of rotatable bonds is 5. The summed E-state index contributed by atoms with van der Waals surface area (Å²) in [4.78, 5) is 12.3. The standard InChI is InChI=1S/C16H13Cl2N5O/c17-11-4-6-13(7-5-11)20-15-14(21-23-22-15)16(24)19-9-10-2-1-3-12(18)8-10/h1-8H,9H2,(H,19,24)(H2,20,21,22,23). The predicted molar refractivity (Wildman–Crippen MR) is 93.7 cm³/mol. The van der Waals surface area contributed by atoms with Crippen molar-refractivity contribution in [3.05, 3.63) is 69.8 Å². The maximum atomic E-state index is 12.3. The molecule has 0 aliphatic rings. The van der Waals surface area contributed by atoms with Crippen LogP contribution in [-0.4, -0.2) is 21.3 Å². The molecule has 0 saturated carbocycles. The summed E-state index contributed by atoms with van der Waals surface area (Å²) in [6.45, 7) is 0.340. The van der Waals surface area contributed by atoms with Gasteiger partial charge in [0.15, 0.2) is 11.5 Å². The van der Waals surface area contributed by atoms with Crippen LogP contribution in [0.5, 0.6) is 0 Å². The summed E-state index contributed by atoms with van der Waals surface area (Å²) in [6.07, 6.45) is 0. The second-order valence-corrected chi connectivity index (χ2v) is 5.84. The smallest absolute Gasteiger partial charge is 0.275 e. The number of halogens is 2. The lowest BCUT2D eigenvalue weighted by Crippen LogP contribution is -2.24. The Morgan fingerprint density at radius 1 is 1.04 bits per heavy atom. The highest BCUT2D eigenvalue weighted by Crippen LogP contribution is 2.19. The first kappa shape index (κ1) is 16.3. The van der Waals surface area contributed by atoms with Crippen molar-refractivity contribution in [1.29, 1.82) is 0 Å². The topological polar surface area (TPSA) is 82.7 Å². The highest BCUT2D eigenvalue weighted by molar-refractivity contribution is 6.30. The lowest BCUT2D eigenvalue weighted by molar-refractivity contribution is 0.0946. The molecule has 0 atom stereocenters. The number of carbonyl (C=O) groups is 1. The number of hydrogen-bond acceptors (Lipinski definition) is 4. The fourth-order valence-electron chi connectivity index (χ4n) is 2.06. The van der Waals surface area contributed by atoms with E-state index in [0.717, 1.165) is 11.3 Å². The van der Waals surface area contributed by atoms with Crippen molar-refractivity contribution in [2.24, 2.45) is 0 Å². The summed E-state index contributed by atoms with van der Waals surface area (Å²) in [5.74, 6) is -0.0129. The number of benzene rings is 2. The molecule has 8 heteroatoms. The van der Waals surface area contributed by atoms with E-state index < -0.39 is 0 Å². The third-order valence-corrected chi connectivity index (χ3v) is 3.70. The van der Waals surface area contributed by atoms with Crippen LogP contribution in [0.1, 0.15) is 16.1 Å². The molecule has 0 aliphatic carbocycles. The van der Waals surface area contributed by atoms with Gasteiger partial charge < -0.3 is 10.6 Å². The van der Waals surface area contributed by atoms with Crippen LogP contribution >= 0.6 is 23.2 Å². The molecule has 0 unspecified atom stereocenters. The summed E-state index contributed by atoms with van der Waals surface area (Å²) < 4.78 is 0. The van der Waals surface area contributed by atoms with Crippen LogP contribution in [0.2, 0.25) is 10.0 Å². The Balaban J connectivity index is 1.67. The molecular formula is C16H13Cl2N5O. The van der Waals surface area contributed by atoms with Crippen LogP contribution < -0.4 is 10.6 Å². The number of aromatic amines is 1. The van der Waals surface area contributed by atoms with E-state index in [1.165, 1.54) is 0 Å². The minimum atomic E-state index is -0.347. The highest BCUT2D eigenvalue weighted by atomic mass is 35.5. The van der Waals surface area contributed by atoms with Gasteiger partial charge in [-0.25, -0.2) is 0 Å². The summed E-state index contributed by atoms with van der Waals surface area (Å²) in [5.41, 5.74) is 1.82. The van der Waals surface area contributed by atoms with Gasteiger partial charge in [0.05, 0.1) is 0 Å². The molecule has 2 aromatic carbocycles. The first-order chi connectivity index (χ1) is 11.6. The van der Waals surface area contributed by atoms with Crippen LogP contribution in [-0.2, 0) is 6.54 Å². The van der Waals surface area contributed by atoms with Crippen molar-refractivity contribution in [2.75, 3.05) is 5.32 Å². The Kier molecular flexibility index (Phi) is 4.98. The van der Waals surface area contributed by atoms with Gasteiger partial charge >= 0.3 is 0 Å². The fraction of sp³-hybridized carbons (Fsp3) is 0.0625. The molecule has 3 rings (SSSR count). The molecule has 1 aromatic heterocycles. The van der Waals surface area contributed by atoms with Crippen LogP contribution in [0.15, 0.2) is 48.5 Å². The van der Waals surface area contributed by atoms with E-state index in [2.05, 4.69) is 26.0 Å². The zero-order valence-corrected chi connectivity index (χ0v) is 13.9. The maximum Gasteiger partial charge on any atom is 0.275 e. The van der Waals surface area contributed by atoms with Crippen molar-refractivity contribution in [2.45, 2.75) is 6.54 Å². The molecule has 0 spiro atoms. The molecule has 24 heavy (non-hydrogen) atoms. The SMILES string of the molecule is O=C(NCc1cccc(Cl)c1)c1n[nH]nc1Nc1ccc(Cl)cc1. The Morgan fingerprint density at radius 2 is 1.83 bits per heavy atom. The molecule has 0 saturated heterocycles. The van der Waals surface area contributed by atoms with Gasteiger partial charge in [0.2, 0.25) is 0 Å². The van der Waals surface area contributed by atoms with Gasteiger partial charge in [0, 0.05) is 22.3 Å². The fourth-order valence-corrected chi connectivity index (χ4v) is 2.40. The lowest BCUT2D eigenvalue weighted by Gasteiger charge is -2.06. The normalized spacial score (nSPS) is 10.4. The summed E-state index contributed by atoms with van der Waals surface area (Å²) in [7, 11) is 0. The van der Waals surface area contributed by atoms with E-state index in [1.54, 1.807) is 36.4 Å². The Morgan fingerprint density at radius 3 is 2.58 bits per heavy atom. The van der Waals surface area contributed by atoms with Crippen LogP contribution in [0.3, 0.4) is 0 Å². The molecule has 0 bridgehead atoms. The van der Waals surface area contributed by atoms with Gasteiger partial charge in [0.1, 0.15) is 0 Å². The van der Waals surface area contributed by atoms with Crippen LogP contribution in [0, 0.1) is 0 Å². The van der Waals surface area contributed by atoms with Gasteiger partial charge in [-0.05, 0) is 42.0 Å². The van der Waals surface area contributed by atoms with Gasteiger partial charge in [0.25, 0.3) is 5.91 Å². The van der Waals surface area contributed by atoms with E-state index >= 15 is 0 Å². The van der Waals surface area contributed by atoms with E-state index in [1.807, 2.05) is 12.1 Å². The van der Waals surface area contributed by atoms with Gasteiger partial charge in [-0.15, -0.1) is 10.2 Å². The average molecular weight is 362 g/mol. The number of carbonyl (C=O) groups excluding carboxylic acids is 1. The number of aromatic nitrogens is 3. The summed E-state index contributed by atoms with van der Waals surface area (Å²) in [6, 6.07) is 14.3. The molecule has 3 N–H and O–H groups in total. The van der Waals surface area contributed by atoms with E-state index in [-0.39, 0.29) is 11.6 Å². The Labute approximate surface area is 148 Å². The summed E-state index contributed by atoms with van der Waals surface area (Å²) in [5, 5.41) is 17.4. The van der Waals surface area contributed by atoms with E-state index in [0.29, 0.717) is 22.4 Å². The zero-order chi connectivity index (χ0) is 16.9. The van der Waals surface area contributed by atoms with Crippen LogP contribution in [0.25, 0.3) is 0 Å². The quantitative estimate of drug-likeness (QED) is 0.645. The number of amides is 1. The molecule has 1 amide bonds. The molecule has 1 heterocycles. The number of H-pyrrole nitrogens is 1. The predicted octanol–water partition coefficient (Wildman–Crippen LogP) is 3.79. The molecular weight excluding hydrogens is 349 g/mol. The van der Waals surface area contributed by atoms with Crippen LogP contribution in [0.4, 0.5) is 11.5 Å². The third kappa shape index (κ3) is 4.04. The van der Waals surface area contributed by atoms with E-state index in [4.69, 9.17) is 23.2 Å². The largest absolute Gasteiger partial charge is 0.346 e. The molecule has 122 valence electrons. The van der Waals surface area contributed by atoms with Crippen molar-refractivity contribution in [1.82, 2.24) is 20.7 Å². The minimum absolute atomic E-state index is 0.173. The lowest BCUT2D eigenvalue weighted by atomic mass is 10.2. The first-order valence-electron chi connectivity index (χ1n) is 7.08. The van der Waals surface area contributed by atoms with Crippen molar-refractivity contribution < 1.29 is 4.79 Å². The van der Waals surface area contributed by atoms with E-state index in [9.17, 15) is 4.79 Å². The Bertz CT molecular complexity index is 848. The van der Waals surface area contributed by atoms with Crippen molar-refractivity contribution in [3.63, 3.8) is 0 Å². The second kappa shape index (κ2) is 7.33.